The topological polar surface area (TPSA) is 53.1 Å². The summed E-state index contributed by atoms with van der Waals surface area (Å²) in [6.07, 6.45) is -0.636. The van der Waals surface area contributed by atoms with Crippen molar-refractivity contribution in [1.29, 1.82) is 0 Å². The van der Waals surface area contributed by atoms with Crippen molar-refractivity contribution in [2.45, 2.75) is 12.1 Å². The second-order valence-electron chi connectivity index (χ2n) is 6.22. The molecular weight excluding hydrogens is 294 g/mol. The number of amides is 2. The first-order valence-corrected chi connectivity index (χ1v) is 7.97. The average molecular weight is 317 g/mol. The van der Waals surface area contributed by atoms with E-state index in [1.807, 2.05) is 35.2 Å². The second-order valence-corrected chi connectivity index (χ2v) is 6.22. The summed E-state index contributed by atoms with van der Waals surface area (Å²) < 4.78 is 5.67. The van der Waals surface area contributed by atoms with Crippen LogP contribution >= 0.6 is 0 Å². The number of nitrogens with zero attached hydrogens (tertiary/aromatic N) is 3. The van der Waals surface area contributed by atoms with Gasteiger partial charge in [-0.15, -0.1) is 0 Å². The van der Waals surface area contributed by atoms with Crippen LogP contribution in [-0.2, 0) is 14.3 Å². The zero-order valence-electron chi connectivity index (χ0n) is 13.6. The fraction of sp³-hybridized carbons (Fsp3) is 0.529. The van der Waals surface area contributed by atoms with Crippen LogP contribution in [0.4, 0.5) is 0 Å². The first kappa shape index (κ1) is 16.0. The predicted molar refractivity (Wildman–Crippen MR) is 85.8 cm³/mol. The molecule has 2 atom stereocenters. The Morgan fingerprint density at radius 2 is 1.74 bits per heavy atom. The molecule has 0 N–H and O–H groups in total. The zero-order chi connectivity index (χ0) is 16.4. The van der Waals surface area contributed by atoms with Gasteiger partial charge in [0.25, 0.3) is 5.91 Å². The molecule has 2 aliphatic heterocycles. The number of carbonyl (C=O) groups excluding carboxylic acids is 2. The van der Waals surface area contributed by atoms with Gasteiger partial charge in [-0.1, -0.05) is 30.3 Å². The summed E-state index contributed by atoms with van der Waals surface area (Å²) >= 11 is 0. The highest BCUT2D eigenvalue weighted by atomic mass is 16.5. The van der Waals surface area contributed by atoms with E-state index in [2.05, 4.69) is 11.9 Å². The Labute approximate surface area is 136 Å². The molecule has 2 aliphatic rings. The van der Waals surface area contributed by atoms with Crippen LogP contribution < -0.4 is 0 Å². The first-order chi connectivity index (χ1) is 11.1. The van der Waals surface area contributed by atoms with Crippen molar-refractivity contribution in [3.63, 3.8) is 0 Å². The van der Waals surface area contributed by atoms with E-state index < -0.39 is 6.10 Å². The van der Waals surface area contributed by atoms with Crippen LogP contribution in [0.3, 0.4) is 0 Å². The van der Waals surface area contributed by atoms with E-state index in [-0.39, 0.29) is 24.5 Å². The maximum absolute atomic E-state index is 12.9. The highest BCUT2D eigenvalue weighted by Crippen LogP contribution is 2.30. The van der Waals surface area contributed by atoms with E-state index in [1.165, 1.54) is 0 Å². The molecule has 2 fully saturated rings. The Bertz CT molecular complexity index is 570. The van der Waals surface area contributed by atoms with Crippen LogP contribution in [0.2, 0.25) is 0 Å². The molecule has 2 amide bonds. The number of ether oxygens (including phenoxy) is 1. The van der Waals surface area contributed by atoms with Crippen LogP contribution in [0, 0.1) is 0 Å². The molecule has 2 saturated heterocycles. The van der Waals surface area contributed by atoms with Gasteiger partial charge in [0.05, 0.1) is 6.04 Å². The minimum atomic E-state index is -0.636. The predicted octanol–water partition coefficient (Wildman–Crippen LogP) is 0.359. The monoisotopic (exact) mass is 317 g/mol. The maximum atomic E-state index is 12.9. The Hall–Kier alpha value is -1.92. The largest absolute Gasteiger partial charge is 0.356 e. The summed E-state index contributed by atoms with van der Waals surface area (Å²) in [6.45, 7) is 3.10. The minimum Gasteiger partial charge on any atom is -0.356 e. The van der Waals surface area contributed by atoms with Crippen molar-refractivity contribution in [2.75, 3.05) is 46.9 Å². The van der Waals surface area contributed by atoms with Crippen molar-refractivity contribution >= 4 is 11.8 Å². The molecule has 124 valence electrons. The number of hydrogen-bond donors (Lipinski definition) is 0. The van der Waals surface area contributed by atoms with Gasteiger partial charge in [0, 0.05) is 33.2 Å². The lowest BCUT2D eigenvalue weighted by Gasteiger charge is -2.41. The van der Waals surface area contributed by atoms with Gasteiger partial charge in [-0.2, -0.15) is 0 Å². The molecule has 23 heavy (non-hydrogen) atoms. The fourth-order valence-electron chi connectivity index (χ4n) is 3.17. The third kappa shape index (κ3) is 3.23. The van der Waals surface area contributed by atoms with E-state index in [9.17, 15) is 9.59 Å². The standard InChI is InChI=1S/C17H23N3O3/c1-18-8-10-20(11-9-18)17(22)16-15(13-6-4-3-5-7-13)19(2)14(21)12-23-16/h3-7,15-16H,8-12H2,1-2H3/t15-,16+/m0/s1. The number of rotatable bonds is 2. The Morgan fingerprint density at radius 1 is 1.09 bits per heavy atom. The molecule has 6 heteroatoms. The highest BCUT2D eigenvalue weighted by molar-refractivity contribution is 5.86. The lowest BCUT2D eigenvalue weighted by molar-refractivity contribution is -0.168. The quantitative estimate of drug-likeness (QED) is 0.790. The van der Waals surface area contributed by atoms with Crippen LogP contribution in [0.1, 0.15) is 11.6 Å². The van der Waals surface area contributed by atoms with Crippen molar-refractivity contribution < 1.29 is 14.3 Å². The Balaban J connectivity index is 1.83. The van der Waals surface area contributed by atoms with Crippen LogP contribution in [0.15, 0.2) is 30.3 Å². The molecule has 6 nitrogen and oxygen atoms in total. The van der Waals surface area contributed by atoms with Gasteiger partial charge in [0.1, 0.15) is 6.61 Å². The molecule has 0 spiro atoms. The zero-order valence-corrected chi connectivity index (χ0v) is 13.6. The molecule has 0 aromatic heterocycles. The smallest absolute Gasteiger partial charge is 0.254 e. The second kappa shape index (κ2) is 6.68. The van der Waals surface area contributed by atoms with E-state index in [1.54, 1.807) is 11.9 Å². The summed E-state index contributed by atoms with van der Waals surface area (Å²) in [5, 5.41) is 0. The van der Waals surface area contributed by atoms with E-state index in [4.69, 9.17) is 4.74 Å². The summed E-state index contributed by atoms with van der Waals surface area (Å²) in [7, 11) is 3.80. The third-order valence-corrected chi connectivity index (χ3v) is 4.68. The van der Waals surface area contributed by atoms with Gasteiger partial charge < -0.3 is 19.4 Å². The molecule has 0 bridgehead atoms. The molecular formula is C17H23N3O3. The molecule has 0 aliphatic carbocycles. The Kier molecular flexibility index (Phi) is 4.63. The van der Waals surface area contributed by atoms with Gasteiger partial charge in [-0.25, -0.2) is 0 Å². The molecule has 3 rings (SSSR count). The lowest BCUT2D eigenvalue weighted by Crippen LogP contribution is -2.56. The average Bonchev–Trinajstić information content (AvgIpc) is 2.58. The van der Waals surface area contributed by atoms with Crippen LogP contribution in [0.5, 0.6) is 0 Å². The number of hydrogen-bond acceptors (Lipinski definition) is 4. The number of piperazine rings is 1. The van der Waals surface area contributed by atoms with E-state index >= 15 is 0 Å². The Morgan fingerprint density at radius 3 is 2.39 bits per heavy atom. The molecule has 2 heterocycles. The number of carbonyl (C=O) groups is 2. The van der Waals surface area contributed by atoms with E-state index in [0.29, 0.717) is 13.1 Å². The van der Waals surface area contributed by atoms with Crippen LogP contribution in [-0.4, -0.2) is 79.5 Å². The normalized spacial score (nSPS) is 26.4. The number of benzene rings is 1. The molecule has 1 aromatic rings. The lowest BCUT2D eigenvalue weighted by atomic mass is 9.97. The minimum absolute atomic E-state index is 0.0219. The molecule has 0 unspecified atom stereocenters. The van der Waals surface area contributed by atoms with E-state index in [0.717, 1.165) is 18.7 Å². The molecule has 1 aromatic carbocycles. The van der Waals surface area contributed by atoms with Crippen molar-refractivity contribution in [2.24, 2.45) is 0 Å². The number of morpholine rings is 1. The van der Waals surface area contributed by atoms with Crippen molar-refractivity contribution in [1.82, 2.24) is 14.7 Å². The first-order valence-electron chi connectivity index (χ1n) is 7.97. The summed E-state index contributed by atoms with van der Waals surface area (Å²) in [5.41, 5.74) is 0.926. The van der Waals surface area contributed by atoms with Gasteiger partial charge in [0.15, 0.2) is 6.10 Å². The van der Waals surface area contributed by atoms with Crippen molar-refractivity contribution in [3.05, 3.63) is 35.9 Å². The SMILES string of the molecule is CN1CCN(C(=O)[C@@H]2OCC(=O)N(C)[C@H]2c2ccccc2)CC1. The molecule has 0 radical (unpaired) electrons. The number of likely N-dealkylation sites (N-methyl/N-ethyl adjacent to an activating group) is 2. The third-order valence-electron chi connectivity index (χ3n) is 4.68. The maximum Gasteiger partial charge on any atom is 0.254 e. The summed E-state index contributed by atoms with van der Waals surface area (Å²) in [6, 6.07) is 9.26. The summed E-state index contributed by atoms with van der Waals surface area (Å²) in [5.74, 6) is -0.118. The van der Waals surface area contributed by atoms with Crippen LogP contribution in [0.25, 0.3) is 0 Å². The summed E-state index contributed by atoms with van der Waals surface area (Å²) in [4.78, 5) is 30.7. The van der Waals surface area contributed by atoms with Crippen molar-refractivity contribution in [3.8, 4) is 0 Å². The molecule has 0 saturated carbocycles. The van der Waals surface area contributed by atoms with Gasteiger partial charge >= 0.3 is 0 Å². The highest BCUT2D eigenvalue weighted by Gasteiger charge is 2.42. The van der Waals surface area contributed by atoms with Gasteiger partial charge in [0.2, 0.25) is 5.91 Å². The van der Waals surface area contributed by atoms with Gasteiger partial charge in [-0.05, 0) is 12.6 Å². The fourth-order valence-corrected chi connectivity index (χ4v) is 3.17. The van der Waals surface area contributed by atoms with Gasteiger partial charge in [-0.3, -0.25) is 9.59 Å².